The smallest absolute Gasteiger partial charge is 0.262 e. The lowest BCUT2D eigenvalue weighted by Crippen LogP contribution is -2.14. The van der Waals surface area contributed by atoms with Gasteiger partial charge in [0.05, 0.1) is 36.6 Å². The molecule has 2 aromatic rings. The second-order valence-electron chi connectivity index (χ2n) is 5.68. The third-order valence-corrected chi connectivity index (χ3v) is 4.97. The Morgan fingerprint density at radius 3 is 2.21 bits per heavy atom. The molecule has 0 heterocycles. The summed E-state index contributed by atoms with van der Waals surface area (Å²) < 4.78 is 44.2. The Hall–Kier alpha value is -2.94. The van der Waals surface area contributed by atoms with Crippen molar-refractivity contribution in [3.05, 3.63) is 36.4 Å². The summed E-state index contributed by atoms with van der Waals surface area (Å²) in [6.07, 6.45) is 0. The summed E-state index contributed by atoms with van der Waals surface area (Å²) in [5.74, 6) is 0.936. The molecule has 0 saturated heterocycles. The van der Waals surface area contributed by atoms with E-state index >= 15 is 0 Å². The van der Waals surface area contributed by atoms with Gasteiger partial charge in [0.2, 0.25) is 5.91 Å². The molecule has 0 aliphatic rings. The number of hydrogen-bond acceptors (Lipinski definition) is 6. The highest BCUT2D eigenvalue weighted by atomic mass is 32.2. The minimum absolute atomic E-state index is 0.0244. The number of rotatable bonds is 9. The molecule has 152 valence electrons. The lowest BCUT2D eigenvalue weighted by atomic mass is 10.2. The van der Waals surface area contributed by atoms with Crippen molar-refractivity contribution in [1.29, 1.82) is 0 Å². The number of sulfonamides is 1. The van der Waals surface area contributed by atoms with Crippen LogP contribution in [0.2, 0.25) is 0 Å². The molecule has 1 amide bonds. The fourth-order valence-electron chi connectivity index (χ4n) is 2.47. The van der Waals surface area contributed by atoms with Gasteiger partial charge in [-0.15, -0.1) is 0 Å². The van der Waals surface area contributed by atoms with Crippen LogP contribution in [0.15, 0.2) is 41.3 Å². The van der Waals surface area contributed by atoms with Crippen molar-refractivity contribution in [2.75, 3.05) is 30.4 Å². The molecule has 2 rings (SSSR count). The van der Waals surface area contributed by atoms with Gasteiger partial charge in [-0.1, -0.05) is 0 Å². The van der Waals surface area contributed by atoms with Gasteiger partial charge in [0.25, 0.3) is 10.0 Å². The first-order chi connectivity index (χ1) is 13.3. The lowest BCUT2D eigenvalue weighted by molar-refractivity contribution is -0.114. The first-order valence-electron chi connectivity index (χ1n) is 8.68. The van der Waals surface area contributed by atoms with Gasteiger partial charge in [-0.2, -0.15) is 0 Å². The number of nitrogens with one attached hydrogen (secondary N) is 2. The average molecular weight is 408 g/mol. The van der Waals surface area contributed by atoms with Crippen molar-refractivity contribution >= 4 is 27.3 Å². The fourth-order valence-corrected chi connectivity index (χ4v) is 3.54. The molecule has 2 aromatic carbocycles. The van der Waals surface area contributed by atoms with Crippen molar-refractivity contribution in [1.82, 2.24) is 0 Å². The third kappa shape index (κ3) is 5.29. The summed E-state index contributed by atoms with van der Waals surface area (Å²) in [4.78, 5) is 11.4. The summed E-state index contributed by atoms with van der Waals surface area (Å²) in [5, 5.41) is 2.60. The Morgan fingerprint density at radius 1 is 0.964 bits per heavy atom. The SMILES string of the molecule is CCOc1ccc(S(=O)(=O)Nc2ccc(OC)c(NC(C)=O)c2)cc1OCC. The van der Waals surface area contributed by atoms with Crippen molar-refractivity contribution in [3.8, 4) is 17.2 Å². The number of amides is 1. The van der Waals surface area contributed by atoms with E-state index in [4.69, 9.17) is 14.2 Å². The van der Waals surface area contributed by atoms with Crippen LogP contribution in [0.25, 0.3) is 0 Å². The van der Waals surface area contributed by atoms with Crippen LogP contribution in [0, 0.1) is 0 Å². The van der Waals surface area contributed by atoms with Gasteiger partial charge in [0, 0.05) is 13.0 Å². The van der Waals surface area contributed by atoms with Crippen LogP contribution in [0.5, 0.6) is 17.2 Å². The Labute approximate surface area is 164 Å². The molecule has 0 saturated carbocycles. The summed E-state index contributed by atoms with van der Waals surface area (Å²) in [7, 11) is -2.43. The molecular weight excluding hydrogens is 384 g/mol. The molecule has 2 N–H and O–H groups in total. The van der Waals surface area contributed by atoms with E-state index in [0.29, 0.717) is 36.1 Å². The quantitative estimate of drug-likeness (QED) is 0.660. The highest BCUT2D eigenvalue weighted by Gasteiger charge is 2.18. The zero-order valence-electron chi connectivity index (χ0n) is 16.2. The Kier molecular flexibility index (Phi) is 7.11. The number of methoxy groups -OCH3 is 1. The van der Waals surface area contributed by atoms with Crippen molar-refractivity contribution in [2.24, 2.45) is 0 Å². The highest BCUT2D eigenvalue weighted by molar-refractivity contribution is 7.92. The molecule has 0 fully saturated rings. The van der Waals surface area contributed by atoms with Gasteiger partial charge >= 0.3 is 0 Å². The van der Waals surface area contributed by atoms with Crippen LogP contribution < -0.4 is 24.2 Å². The molecule has 9 heteroatoms. The van der Waals surface area contributed by atoms with Gasteiger partial charge in [0.15, 0.2) is 11.5 Å². The minimum Gasteiger partial charge on any atom is -0.495 e. The second-order valence-corrected chi connectivity index (χ2v) is 7.36. The van der Waals surface area contributed by atoms with Gasteiger partial charge in [0.1, 0.15) is 5.75 Å². The van der Waals surface area contributed by atoms with Crippen LogP contribution >= 0.6 is 0 Å². The summed E-state index contributed by atoms with van der Waals surface area (Å²) in [5.41, 5.74) is 0.633. The molecule has 0 atom stereocenters. The largest absolute Gasteiger partial charge is 0.495 e. The number of carbonyl (C=O) groups is 1. The van der Waals surface area contributed by atoms with E-state index in [9.17, 15) is 13.2 Å². The molecule has 0 radical (unpaired) electrons. The zero-order valence-corrected chi connectivity index (χ0v) is 17.1. The molecule has 0 unspecified atom stereocenters. The molecule has 0 spiro atoms. The van der Waals surface area contributed by atoms with E-state index in [0.717, 1.165) is 0 Å². The maximum atomic E-state index is 12.8. The van der Waals surface area contributed by atoms with E-state index in [-0.39, 0.29) is 16.5 Å². The normalized spacial score (nSPS) is 10.9. The number of ether oxygens (including phenoxy) is 3. The Bertz CT molecular complexity index is 943. The second kappa shape index (κ2) is 9.32. The van der Waals surface area contributed by atoms with Crippen LogP contribution in [0.3, 0.4) is 0 Å². The van der Waals surface area contributed by atoms with Crippen molar-refractivity contribution < 1.29 is 27.4 Å². The van der Waals surface area contributed by atoms with Gasteiger partial charge in [-0.25, -0.2) is 8.42 Å². The van der Waals surface area contributed by atoms with Crippen LogP contribution in [0.4, 0.5) is 11.4 Å². The van der Waals surface area contributed by atoms with E-state index in [1.165, 1.54) is 32.2 Å². The van der Waals surface area contributed by atoms with Gasteiger partial charge < -0.3 is 19.5 Å². The number of carbonyl (C=O) groups excluding carboxylic acids is 1. The van der Waals surface area contributed by atoms with E-state index in [2.05, 4.69) is 10.0 Å². The monoisotopic (exact) mass is 408 g/mol. The Balaban J connectivity index is 2.35. The standard InChI is InChI=1S/C19H24N2O6S/c1-5-26-18-10-8-15(12-19(18)27-6-2)28(23,24)21-14-7-9-17(25-4)16(11-14)20-13(3)22/h7-12,21H,5-6H2,1-4H3,(H,20,22). The lowest BCUT2D eigenvalue weighted by Gasteiger charge is -2.15. The number of anilines is 2. The molecular formula is C19H24N2O6S. The molecule has 0 aromatic heterocycles. The predicted molar refractivity (Wildman–Crippen MR) is 107 cm³/mol. The first-order valence-corrected chi connectivity index (χ1v) is 10.2. The topological polar surface area (TPSA) is 103 Å². The third-order valence-electron chi connectivity index (χ3n) is 3.59. The van der Waals surface area contributed by atoms with E-state index < -0.39 is 10.0 Å². The van der Waals surface area contributed by atoms with Crippen LogP contribution in [0.1, 0.15) is 20.8 Å². The minimum atomic E-state index is -3.89. The molecule has 0 aliphatic heterocycles. The molecule has 0 bridgehead atoms. The summed E-state index contributed by atoms with van der Waals surface area (Å²) in [6.45, 7) is 5.79. The summed E-state index contributed by atoms with van der Waals surface area (Å²) in [6, 6.07) is 8.99. The Morgan fingerprint density at radius 2 is 1.61 bits per heavy atom. The average Bonchev–Trinajstić information content (AvgIpc) is 2.63. The zero-order chi connectivity index (χ0) is 20.7. The van der Waals surface area contributed by atoms with Crippen LogP contribution in [-0.2, 0) is 14.8 Å². The molecule has 8 nitrogen and oxygen atoms in total. The van der Waals surface area contributed by atoms with Gasteiger partial charge in [-0.05, 0) is 44.2 Å². The van der Waals surface area contributed by atoms with Gasteiger partial charge in [-0.3, -0.25) is 9.52 Å². The number of hydrogen-bond donors (Lipinski definition) is 2. The predicted octanol–water partition coefficient (Wildman–Crippen LogP) is 3.25. The van der Waals surface area contributed by atoms with E-state index in [1.807, 2.05) is 6.92 Å². The van der Waals surface area contributed by atoms with Crippen LogP contribution in [-0.4, -0.2) is 34.6 Å². The van der Waals surface area contributed by atoms with E-state index in [1.54, 1.807) is 25.1 Å². The number of benzene rings is 2. The van der Waals surface area contributed by atoms with Crippen molar-refractivity contribution in [3.63, 3.8) is 0 Å². The highest BCUT2D eigenvalue weighted by Crippen LogP contribution is 2.32. The molecule has 0 aliphatic carbocycles. The molecule has 28 heavy (non-hydrogen) atoms. The summed E-state index contributed by atoms with van der Waals surface area (Å²) >= 11 is 0. The fraction of sp³-hybridized carbons (Fsp3) is 0.316. The van der Waals surface area contributed by atoms with Crippen molar-refractivity contribution in [2.45, 2.75) is 25.7 Å². The maximum Gasteiger partial charge on any atom is 0.262 e. The maximum absolute atomic E-state index is 12.8. The first kappa shape index (κ1) is 21.4.